The lowest BCUT2D eigenvalue weighted by Gasteiger charge is -2.16. The van der Waals surface area contributed by atoms with Crippen molar-refractivity contribution in [1.29, 1.82) is 0 Å². The summed E-state index contributed by atoms with van der Waals surface area (Å²) in [6.45, 7) is 4.89. The summed E-state index contributed by atoms with van der Waals surface area (Å²) < 4.78 is 27.8. The molecule has 2 rings (SSSR count). The minimum Gasteiger partial charge on any atom is -0.399 e. The third-order valence-electron chi connectivity index (χ3n) is 4.06. The zero-order chi connectivity index (χ0) is 19.9. The van der Waals surface area contributed by atoms with Crippen molar-refractivity contribution >= 4 is 15.7 Å². The maximum Gasteiger partial charge on any atom is 0.240 e. The van der Waals surface area contributed by atoms with Gasteiger partial charge in [0.2, 0.25) is 10.0 Å². The highest BCUT2D eigenvalue weighted by atomic mass is 32.2. The van der Waals surface area contributed by atoms with Crippen LogP contribution in [-0.2, 0) is 23.0 Å². The van der Waals surface area contributed by atoms with Gasteiger partial charge in [-0.3, -0.25) is 0 Å². The van der Waals surface area contributed by atoms with E-state index < -0.39 is 16.1 Å². The van der Waals surface area contributed by atoms with Crippen molar-refractivity contribution in [2.45, 2.75) is 37.8 Å². The van der Waals surface area contributed by atoms with Gasteiger partial charge in [0.15, 0.2) is 0 Å². The first-order valence-corrected chi connectivity index (χ1v) is 10.6. The van der Waals surface area contributed by atoms with Gasteiger partial charge in [-0.2, -0.15) is 0 Å². The highest BCUT2D eigenvalue weighted by Crippen LogP contribution is 2.21. The molecule has 0 aliphatic heterocycles. The molecule has 0 bridgehead atoms. The molecule has 0 aliphatic carbocycles. The molecule has 27 heavy (non-hydrogen) atoms. The molecule has 7 heteroatoms. The van der Waals surface area contributed by atoms with Crippen LogP contribution in [0.1, 0.15) is 25.0 Å². The molecular formula is C20H29N3O3S. The molecule has 0 radical (unpaired) electrons. The number of aliphatic hydroxyl groups excluding tert-OH is 1. The van der Waals surface area contributed by atoms with Crippen molar-refractivity contribution in [2.75, 3.05) is 18.8 Å². The monoisotopic (exact) mass is 391 g/mol. The zero-order valence-corrected chi connectivity index (χ0v) is 16.7. The van der Waals surface area contributed by atoms with E-state index in [2.05, 4.69) is 10.0 Å². The number of sulfonamides is 1. The number of nitrogens with two attached hydrogens (primary N) is 1. The Labute approximate surface area is 161 Å². The molecule has 5 N–H and O–H groups in total. The number of aliphatic hydroxyl groups is 1. The second-order valence-corrected chi connectivity index (χ2v) is 8.82. The van der Waals surface area contributed by atoms with Gasteiger partial charge in [0.1, 0.15) is 0 Å². The summed E-state index contributed by atoms with van der Waals surface area (Å²) in [5.74, 6) is 0.300. The molecule has 2 aromatic rings. The molecule has 0 spiro atoms. The molecule has 0 saturated heterocycles. The Balaban J connectivity index is 1.92. The van der Waals surface area contributed by atoms with Crippen molar-refractivity contribution < 1.29 is 13.5 Å². The van der Waals surface area contributed by atoms with Crippen LogP contribution in [0.25, 0.3) is 0 Å². The Bertz CT molecular complexity index is 824. The van der Waals surface area contributed by atoms with Crippen molar-refractivity contribution in [3.8, 4) is 0 Å². The van der Waals surface area contributed by atoms with E-state index in [9.17, 15) is 13.5 Å². The Hall–Kier alpha value is -1.93. The third kappa shape index (κ3) is 6.95. The van der Waals surface area contributed by atoms with Crippen LogP contribution in [0.5, 0.6) is 0 Å². The van der Waals surface area contributed by atoms with E-state index in [0.717, 1.165) is 5.56 Å². The summed E-state index contributed by atoms with van der Waals surface area (Å²) in [5, 5.41) is 13.2. The first-order valence-electron chi connectivity index (χ1n) is 9.08. The summed E-state index contributed by atoms with van der Waals surface area (Å²) >= 11 is 0. The van der Waals surface area contributed by atoms with Crippen LogP contribution in [0.4, 0.5) is 5.69 Å². The standard InChI is InChI=1S/C20H29N3O3S/c1-15(2)10-17-11-18(21)8-9-20(17)27(25,26)23-14-19(24)13-22-12-16-6-4-3-5-7-16/h3-9,11,15,19,22-24H,10,12-14,21H2,1-2H3/t19-/m1/s1. The molecule has 148 valence electrons. The van der Waals surface area contributed by atoms with Crippen molar-refractivity contribution in [3.63, 3.8) is 0 Å². The average molecular weight is 392 g/mol. The van der Waals surface area contributed by atoms with E-state index in [1.807, 2.05) is 44.2 Å². The molecule has 0 unspecified atom stereocenters. The molecule has 0 aliphatic rings. The van der Waals surface area contributed by atoms with Crippen LogP contribution in [0, 0.1) is 5.92 Å². The largest absolute Gasteiger partial charge is 0.399 e. The Kier molecular flexibility index (Phi) is 7.79. The number of anilines is 1. The van der Waals surface area contributed by atoms with Crippen LogP contribution in [0.15, 0.2) is 53.4 Å². The van der Waals surface area contributed by atoms with Crippen molar-refractivity contribution in [2.24, 2.45) is 5.92 Å². The van der Waals surface area contributed by atoms with Gasteiger partial charge in [-0.15, -0.1) is 0 Å². The van der Waals surface area contributed by atoms with Crippen LogP contribution < -0.4 is 15.8 Å². The lowest BCUT2D eigenvalue weighted by molar-refractivity contribution is 0.175. The molecule has 2 aromatic carbocycles. The third-order valence-corrected chi connectivity index (χ3v) is 5.59. The smallest absolute Gasteiger partial charge is 0.240 e. The molecule has 1 atom stereocenters. The van der Waals surface area contributed by atoms with Crippen molar-refractivity contribution in [1.82, 2.24) is 10.0 Å². The van der Waals surface area contributed by atoms with Gasteiger partial charge >= 0.3 is 0 Å². The van der Waals surface area contributed by atoms with E-state index in [4.69, 9.17) is 5.73 Å². The van der Waals surface area contributed by atoms with Gasteiger partial charge in [0, 0.05) is 25.3 Å². The Morgan fingerprint density at radius 1 is 1.07 bits per heavy atom. The van der Waals surface area contributed by atoms with Gasteiger partial charge in [0.05, 0.1) is 11.0 Å². The minimum absolute atomic E-state index is 0.0599. The highest BCUT2D eigenvalue weighted by Gasteiger charge is 2.20. The number of nitrogens with one attached hydrogen (secondary N) is 2. The highest BCUT2D eigenvalue weighted by molar-refractivity contribution is 7.89. The summed E-state index contributed by atoms with van der Waals surface area (Å²) in [5.41, 5.74) is 8.14. The summed E-state index contributed by atoms with van der Waals surface area (Å²) in [6, 6.07) is 14.6. The molecule has 0 fully saturated rings. The Morgan fingerprint density at radius 2 is 1.78 bits per heavy atom. The predicted octanol–water partition coefficient (Wildman–Crippen LogP) is 1.90. The van der Waals surface area contributed by atoms with Gasteiger partial charge in [-0.05, 0) is 41.7 Å². The lowest BCUT2D eigenvalue weighted by Crippen LogP contribution is -2.38. The van der Waals surface area contributed by atoms with Crippen LogP contribution in [0.3, 0.4) is 0 Å². The topological polar surface area (TPSA) is 104 Å². The first-order chi connectivity index (χ1) is 12.8. The molecule has 6 nitrogen and oxygen atoms in total. The number of hydrogen-bond donors (Lipinski definition) is 4. The fraction of sp³-hybridized carbons (Fsp3) is 0.400. The molecule has 0 amide bonds. The lowest BCUT2D eigenvalue weighted by atomic mass is 10.0. The van der Waals surface area contributed by atoms with E-state index in [0.29, 0.717) is 30.1 Å². The zero-order valence-electron chi connectivity index (χ0n) is 15.9. The number of benzene rings is 2. The minimum atomic E-state index is -3.72. The van der Waals surface area contributed by atoms with Crippen LogP contribution in [-0.4, -0.2) is 32.7 Å². The number of hydrogen-bond acceptors (Lipinski definition) is 5. The van der Waals surface area contributed by atoms with Crippen LogP contribution in [0.2, 0.25) is 0 Å². The maximum absolute atomic E-state index is 12.7. The van der Waals surface area contributed by atoms with Gasteiger partial charge in [-0.25, -0.2) is 13.1 Å². The maximum atomic E-state index is 12.7. The fourth-order valence-corrected chi connectivity index (χ4v) is 4.10. The van der Waals surface area contributed by atoms with Gasteiger partial charge in [0.25, 0.3) is 0 Å². The molecule has 0 heterocycles. The number of nitrogen functional groups attached to an aromatic ring is 1. The molecule has 0 aromatic heterocycles. The second kappa shape index (κ2) is 9.85. The van der Waals surface area contributed by atoms with E-state index in [1.54, 1.807) is 12.1 Å². The summed E-state index contributed by atoms with van der Waals surface area (Å²) in [7, 11) is -3.72. The van der Waals surface area contributed by atoms with E-state index in [-0.39, 0.29) is 18.0 Å². The van der Waals surface area contributed by atoms with Gasteiger partial charge < -0.3 is 16.2 Å². The number of rotatable bonds is 10. The summed E-state index contributed by atoms with van der Waals surface area (Å²) in [4.78, 5) is 0.217. The SMILES string of the molecule is CC(C)Cc1cc(N)ccc1S(=O)(=O)NC[C@H](O)CNCc1ccccc1. The van der Waals surface area contributed by atoms with E-state index >= 15 is 0 Å². The van der Waals surface area contributed by atoms with E-state index in [1.165, 1.54) is 6.07 Å². The Morgan fingerprint density at radius 3 is 2.44 bits per heavy atom. The van der Waals surface area contributed by atoms with Gasteiger partial charge in [-0.1, -0.05) is 44.2 Å². The first kappa shape index (κ1) is 21.4. The molecule has 0 saturated carbocycles. The fourth-order valence-electron chi connectivity index (χ4n) is 2.80. The van der Waals surface area contributed by atoms with Crippen molar-refractivity contribution in [3.05, 3.63) is 59.7 Å². The quantitative estimate of drug-likeness (QED) is 0.463. The average Bonchev–Trinajstić information content (AvgIpc) is 2.60. The summed E-state index contributed by atoms with van der Waals surface area (Å²) in [6.07, 6.45) is -0.214. The normalized spacial score (nSPS) is 13.0. The van der Waals surface area contributed by atoms with Crippen LogP contribution >= 0.6 is 0 Å². The predicted molar refractivity (Wildman–Crippen MR) is 109 cm³/mol. The molecular weight excluding hydrogens is 362 g/mol. The second-order valence-electron chi connectivity index (χ2n) is 7.09.